The van der Waals surface area contributed by atoms with Crippen LogP contribution in [0.3, 0.4) is 0 Å². The third kappa shape index (κ3) is 2.53. The molecule has 7 heteroatoms. The van der Waals surface area contributed by atoms with Gasteiger partial charge in [-0.2, -0.15) is 5.26 Å². The quantitative estimate of drug-likeness (QED) is 0.942. The number of aromatic hydroxyl groups is 1. The first-order chi connectivity index (χ1) is 10.3. The number of halogens is 2. The molecular weight excluding hydrogens is 312 g/mol. The highest BCUT2D eigenvalue weighted by Crippen LogP contribution is 2.38. The van der Waals surface area contributed by atoms with Crippen LogP contribution in [0.5, 0.6) is 5.75 Å². The molecule has 0 aliphatic heterocycles. The monoisotopic (exact) mass is 323 g/mol. The third-order valence-corrected chi connectivity index (χ3v) is 4.95. The van der Waals surface area contributed by atoms with Crippen LogP contribution in [0.4, 0.5) is 8.78 Å². The predicted octanol–water partition coefficient (Wildman–Crippen LogP) is 3.00. The van der Waals surface area contributed by atoms with Crippen LogP contribution < -0.4 is 0 Å². The summed E-state index contributed by atoms with van der Waals surface area (Å²) < 4.78 is 51.7. The maximum absolute atomic E-state index is 14.2. The van der Waals surface area contributed by atoms with Gasteiger partial charge in [0.25, 0.3) is 0 Å². The van der Waals surface area contributed by atoms with Crippen molar-refractivity contribution in [3.8, 4) is 22.9 Å². The fraction of sp³-hybridized carbons (Fsp3) is 0.133. The largest absolute Gasteiger partial charge is 0.505 e. The molecule has 0 bridgehead atoms. The van der Waals surface area contributed by atoms with E-state index in [0.29, 0.717) is 0 Å². The van der Waals surface area contributed by atoms with E-state index >= 15 is 0 Å². The Bertz CT molecular complexity index is 886. The van der Waals surface area contributed by atoms with Crippen molar-refractivity contribution < 1.29 is 22.3 Å². The number of sulfone groups is 1. The summed E-state index contributed by atoms with van der Waals surface area (Å²) >= 11 is 0. The van der Waals surface area contributed by atoms with E-state index in [4.69, 9.17) is 5.26 Å². The van der Waals surface area contributed by atoms with E-state index in [-0.39, 0.29) is 11.1 Å². The van der Waals surface area contributed by atoms with Gasteiger partial charge in [-0.05, 0) is 12.1 Å². The predicted molar refractivity (Wildman–Crippen MR) is 75.9 cm³/mol. The first-order valence-electron chi connectivity index (χ1n) is 6.26. The SMILES string of the molecule is CCS(=O)(=O)c1c(F)cc(-c2ccccc2F)c(C#N)c1O. The molecule has 0 aliphatic carbocycles. The Kier molecular flexibility index (Phi) is 4.15. The first-order valence-corrected chi connectivity index (χ1v) is 7.92. The number of nitrogens with zero attached hydrogens (tertiary/aromatic N) is 1. The topological polar surface area (TPSA) is 78.2 Å². The van der Waals surface area contributed by atoms with Gasteiger partial charge in [-0.15, -0.1) is 0 Å². The minimum absolute atomic E-state index is 0.103. The molecule has 0 amide bonds. The Morgan fingerprint density at radius 2 is 1.82 bits per heavy atom. The summed E-state index contributed by atoms with van der Waals surface area (Å²) in [4.78, 5) is -0.938. The number of rotatable bonds is 3. The van der Waals surface area contributed by atoms with Crippen LogP contribution in [-0.2, 0) is 9.84 Å². The average Bonchev–Trinajstić information content (AvgIpc) is 2.47. The van der Waals surface area contributed by atoms with Crippen molar-refractivity contribution in [2.45, 2.75) is 11.8 Å². The van der Waals surface area contributed by atoms with Crippen LogP contribution in [-0.4, -0.2) is 19.3 Å². The van der Waals surface area contributed by atoms with Gasteiger partial charge in [0, 0.05) is 11.1 Å². The summed E-state index contributed by atoms with van der Waals surface area (Å²) in [5.74, 6) is -3.38. The van der Waals surface area contributed by atoms with Crippen molar-refractivity contribution >= 4 is 9.84 Å². The molecule has 0 spiro atoms. The summed E-state index contributed by atoms with van der Waals surface area (Å²) in [5, 5.41) is 19.2. The summed E-state index contributed by atoms with van der Waals surface area (Å²) in [5.41, 5.74) is -0.794. The van der Waals surface area contributed by atoms with Crippen LogP contribution in [0.1, 0.15) is 12.5 Å². The molecule has 0 saturated heterocycles. The molecule has 2 rings (SSSR count). The lowest BCUT2D eigenvalue weighted by molar-refractivity contribution is 0.443. The van der Waals surface area contributed by atoms with Gasteiger partial charge in [0.05, 0.1) is 5.75 Å². The number of hydrogen-bond donors (Lipinski definition) is 1. The number of hydrogen-bond acceptors (Lipinski definition) is 4. The highest BCUT2D eigenvalue weighted by Gasteiger charge is 2.27. The lowest BCUT2D eigenvalue weighted by Gasteiger charge is -2.12. The van der Waals surface area contributed by atoms with Gasteiger partial charge in [-0.1, -0.05) is 25.1 Å². The van der Waals surface area contributed by atoms with Gasteiger partial charge < -0.3 is 5.11 Å². The standard InChI is InChI=1S/C15H11F2NO3S/c1-2-22(20,21)15-13(17)7-10(11(8-18)14(15)19)9-5-3-4-6-12(9)16/h3-7,19H,2H2,1H3. The van der Waals surface area contributed by atoms with Crippen molar-refractivity contribution in [3.05, 3.63) is 47.5 Å². The zero-order chi connectivity index (χ0) is 16.5. The fourth-order valence-corrected chi connectivity index (χ4v) is 3.11. The van der Waals surface area contributed by atoms with Crippen LogP contribution >= 0.6 is 0 Å². The van der Waals surface area contributed by atoms with Gasteiger partial charge >= 0.3 is 0 Å². The van der Waals surface area contributed by atoms with E-state index in [0.717, 1.165) is 12.1 Å². The highest BCUT2D eigenvalue weighted by molar-refractivity contribution is 7.91. The maximum Gasteiger partial charge on any atom is 0.184 e. The van der Waals surface area contributed by atoms with Crippen molar-refractivity contribution in [1.29, 1.82) is 5.26 Å². The maximum atomic E-state index is 14.2. The number of phenols is 1. The Balaban J connectivity index is 2.88. The molecule has 22 heavy (non-hydrogen) atoms. The van der Waals surface area contributed by atoms with Gasteiger partial charge in [-0.3, -0.25) is 0 Å². The van der Waals surface area contributed by atoms with E-state index in [1.165, 1.54) is 25.1 Å². The lowest BCUT2D eigenvalue weighted by Crippen LogP contribution is -2.08. The molecule has 2 aromatic carbocycles. The van der Waals surface area contributed by atoms with Gasteiger partial charge in [0.1, 0.15) is 28.2 Å². The Morgan fingerprint density at radius 3 is 2.36 bits per heavy atom. The van der Waals surface area contributed by atoms with Gasteiger partial charge in [0.15, 0.2) is 15.6 Å². The molecule has 2 aromatic rings. The molecule has 0 heterocycles. The second kappa shape index (κ2) is 5.73. The highest BCUT2D eigenvalue weighted by atomic mass is 32.2. The smallest absolute Gasteiger partial charge is 0.184 e. The van der Waals surface area contributed by atoms with Crippen molar-refractivity contribution in [2.75, 3.05) is 5.75 Å². The van der Waals surface area contributed by atoms with E-state index in [1.54, 1.807) is 6.07 Å². The Labute approximate surface area is 126 Å². The third-order valence-electron chi connectivity index (χ3n) is 3.18. The molecule has 0 aromatic heterocycles. The molecule has 0 unspecified atom stereocenters. The summed E-state index contributed by atoms with van der Waals surface area (Å²) in [7, 11) is -4.07. The molecule has 0 aliphatic rings. The second-order valence-corrected chi connectivity index (χ2v) is 6.67. The van der Waals surface area contributed by atoms with Crippen LogP contribution in [0.25, 0.3) is 11.1 Å². The Hall–Kier alpha value is -2.46. The molecule has 0 saturated carbocycles. The van der Waals surface area contributed by atoms with Gasteiger partial charge in [-0.25, -0.2) is 17.2 Å². The number of benzene rings is 2. The van der Waals surface area contributed by atoms with Crippen LogP contribution in [0, 0.1) is 23.0 Å². The van der Waals surface area contributed by atoms with E-state index in [2.05, 4.69) is 0 Å². The van der Waals surface area contributed by atoms with Crippen molar-refractivity contribution in [2.24, 2.45) is 0 Å². The second-order valence-electron chi connectivity index (χ2n) is 4.45. The van der Waals surface area contributed by atoms with E-state index < -0.39 is 43.4 Å². The van der Waals surface area contributed by atoms with E-state index in [9.17, 15) is 22.3 Å². The van der Waals surface area contributed by atoms with Crippen molar-refractivity contribution in [1.82, 2.24) is 0 Å². The molecule has 0 fully saturated rings. The minimum Gasteiger partial charge on any atom is -0.505 e. The molecule has 0 atom stereocenters. The van der Waals surface area contributed by atoms with Crippen LogP contribution in [0.15, 0.2) is 35.2 Å². The van der Waals surface area contributed by atoms with Crippen molar-refractivity contribution in [3.63, 3.8) is 0 Å². The fourth-order valence-electron chi connectivity index (χ4n) is 2.06. The molecular formula is C15H11F2NO3S. The zero-order valence-electron chi connectivity index (χ0n) is 11.5. The average molecular weight is 323 g/mol. The lowest BCUT2D eigenvalue weighted by atomic mass is 9.99. The van der Waals surface area contributed by atoms with Gasteiger partial charge in [0.2, 0.25) is 0 Å². The zero-order valence-corrected chi connectivity index (χ0v) is 12.3. The molecule has 1 N–H and O–H groups in total. The summed E-state index contributed by atoms with van der Waals surface area (Å²) in [6.45, 7) is 1.28. The number of nitriles is 1. The Morgan fingerprint density at radius 1 is 1.18 bits per heavy atom. The van der Waals surface area contributed by atoms with E-state index in [1.807, 2.05) is 0 Å². The first kappa shape index (κ1) is 15.9. The number of phenolic OH excluding ortho intramolecular Hbond substituents is 1. The summed E-state index contributed by atoms with van der Waals surface area (Å²) in [6.07, 6.45) is 0. The normalized spacial score (nSPS) is 11.2. The molecule has 4 nitrogen and oxygen atoms in total. The van der Waals surface area contributed by atoms with Crippen LogP contribution in [0.2, 0.25) is 0 Å². The molecule has 114 valence electrons. The molecule has 0 radical (unpaired) electrons. The minimum atomic E-state index is -4.07. The summed E-state index contributed by atoms with van der Waals surface area (Å²) in [6, 6.07) is 7.66.